The molecule has 12 heavy (non-hydrogen) atoms. The van der Waals surface area contributed by atoms with Crippen molar-refractivity contribution >= 4 is 23.5 Å². The second-order valence-corrected chi connectivity index (χ2v) is 2.77. The second-order valence-electron chi connectivity index (χ2n) is 2.33. The second kappa shape index (κ2) is 3.84. The molecule has 2 rings (SSSR count). The maximum absolute atomic E-state index is 5.09. The maximum Gasteiger partial charge on any atom is 0.0511 e. The molecule has 0 saturated carbocycles. The van der Waals surface area contributed by atoms with E-state index in [1.165, 1.54) is 0 Å². The first kappa shape index (κ1) is 9.44. The Morgan fingerprint density at radius 2 is 1.83 bits per heavy atom. The molecule has 1 nitrogen and oxygen atoms in total. The van der Waals surface area contributed by atoms with E-state index < -0.39 is 0 Å². The number of pyridine rings is 1. The molecule has 3 heteroatoms. The number of nitrogens with zero attached hydrogens (tertiary/aromatic N) is 1. The molecule has 0 unspecified atom stereocenters. The fourth-order valence-electron chi connectivity index (χ4n) is 1.08. The van der Waals surface area contributed by atoms with Crippen molar-refractivity contribution < 1.29 is 16.8 Å². The number of rotatable bonds is 0. The summed E-state index contributed by atoms with van der Waals surface area (Å²) < 4.78 is 0. The summed E-state index contributed by atoms with van der Waals surface area (Å²) in [6.45, 7) is 0. The van der Waals surface area contributed by atoms with Gasteiger partial charge in [-0.25, -0.2) is 0 Å². The average Bonchev–Trinajstić information content (AvgIpc) is 2.06. The van der Waals surface area contributed by atoms with Crippen LogP contribution in [0, 0.1) is 0 Å². The van der Waals surface area contributed by atoms with Gasteiger partial charge < -0.3 is 12.6 Å². The van der Waals surface area contributed by atoms with Crippen molar-refractivity contribution in [3.63, 3.8) is 0 Å². The SMILES string of the molecule is [Co].[S-]c1cccc2cccnc12. The molecule has 1 heterocycles. The summed E-state index contributed by atoms with van der Waals surface area (Å²) in [6.07, 6.45) is 1.76. The van der Waals surface area contributed by atoms with Crippen LogP contribution in [-0.4, -0.2) is 4.98 Å². The molecule has 0 aliphatic heterocycles. The van der Waals surface area contributed by atoms with Crippen LogP contribution >= 0.6 is 0 Å². The van der Waals surface area contributed by atoms with Gasteiger partial charge in [-0.05, 0) is 11.5 Å². The van der Waals surface area contributed by atoms with Crippen molar-refractivity contribution in [1.82, 2.24) is 4.98 Å². The summed E-state index contributed by atoms with van der Waals surface area (Å²) >= 11 is 5.09. The zero-order valence-corrected chi connectivity index (χ0v) is 8.01. The Morgan fingerprint density at radius 1 is 1.08 bits per heavy atom. The molecular formula is C9H6CoNS-. The van der Waals surface area contributed by atoms with Gasteiger partial charge in [0.15, 0.2) is 0 Å². The summed E-state index contributed by atoms with van der Waals surface area (Å²) in [7, 11) is 0. The minimum absolute atomic E-state index is 0. The van der Waals surface area contributed by atoms with Crippen molar-refractivity contribution in [2.75, 3.05) is 0 Å². The Labute approximate surface area is 86.8 Å². The van der Waals surface area contributed by atoms with Crippen LogP contribution in [0.1, 0.15) is 0 Å². The van der Waals surface area contributed by atoms with Gasteiger partial charge >= 0.3 is 0 Å². The molecule has 0 N–H and O–H groups in total. The van der Waals surface area contributed by atoms with Crippen LogP contribution in [0.3, 0.4) is 0 Å². The van der Waals surface area contributed by atoms with E-state index in [0.717, 1.165) is 15.8 Å². The van der Waals surface area contributed by atoms with Crippen LogP contribution in [0.25, 0.3) is 10.9 Å². The molecule has 0 aliphatic rings. The van der Waals surface area contributed by atoms with Gasteiger partial charge in [0.05, 0.1) is 5.52 Å². The third kappa shape index (κ3) is 1.58. The smallest absolute Gasteiger partial charge is 0.0511 e. The van der Waals surface area contributed by atoms with E-state index in [0.29, 0.717) is 0 Å². The number of hydrogen-bond donors (Lipinski definition) is 0. The van der Waals surface area contributed by atoms with Crippen molar-refractivity contribution in [3.05, 3.63) is 36.5 Å². The van der Waals surface area contributed by atoms with E-state index in [-0.39, 0.29) is 16.8 Å². The van der Waals surface area contributed by atoms with Crippen LogP contribution < -0.4 is 0 Å². The maximum atomic E-state index is 5.09. The number of hydrogen-bond acceptors (Lipinski definition) is 2. The molecule has 1 radical (unpaired) electrons. The molecule has 1 aromatic heterocycles. The van der Waals surface area contributed by atoms with E-state index in [1.807, 2.05) is 30.3 Å². The number of para-hydroxylation sites is 1. The minimum Gasteiger partial charge on any atom is -0.778 e. The molecule has 0 fully saturated rings. The molecular weight excluding hydrogens is 213 g/mol. The van der Waals surface area contributed by atoms with Gasteiger partial charge in [0, 0.05) is 23.0 Å². The van der Waals surface area contributed by atoms with Gasteiger partial charge in [0.2, 0.25) is 0 Å². The van der Waals surface area contributed by atoms with Gasteiger partial charge in [-0.3, -0.25) is 4.98 Å². The van der Waals surface area contributed by atoms with E-state index in [1.54, 1.807) is 6.20 Å². The molecule has 0 spiro atoms. The molecule has 0 saturated heterocycles. The topological polar surface area (TPSA) is 12.9 Å². The van der Waals surface area contributed by atoms with Gasteiger partial charge in [0.25, 0.3) is 0 Å². The van der Waals surface area contributed by atoms with E-state index in [4.69, 9.17) is 12.6 Å². The third-order valence-electron chi connectivity index (χ3n) is 1.60. The quantitative estimate of drug-likeness (QED) is 0.629. The normalized spacial score (nSPS) is 9.33. The Balaban J connectivity index is 0.000000720. The zero-order valence-electron chi connectivity index (χ0n) is 6.15. The Bertz CT molecular complexity index is 384. The van der Waals surface area contributed by atoms with Crippen molar-refractivity contribution in [1.29, 1.82) is 0 Å². The molecule has 1 aromatic carbocycles. The van der Waals surface area contributed by atoms with E-state index in [9.17, 15) is 0 Å². The third-order valence-corrected chi connectivity index (χ3v) is 1.93. The van der Waals surface area contributed by atoms with Crippen molar-refractivity contribution in [3.8, 4) is 0 Å². The van der Waals surface area contributed by atoms with Gasteiger partial charge in [-0.2, -0.15) is 0 Å². The van der Waals surface area contributed by atoms with Gasteiger partial charge in [-0.1, -0.05) is 24.3 Å². The first-order chi connectivity index (χ1) is 5.38. The minimum atomic E-state index is 0. The van der Waals surface area contributed by atoms with E-state index >= 15 is 0 Å². The van der Waals surface area contributed by atoms with E-state index in [2.05, 4.69) is 4.98 Å². The largest absolute Gasteiger partial charge is 0.778 e. The predicted molar refractivity (Wildman–Crippen MR) is 47.4 cm³/mol. The molecule has 2 aromatic rings. The summed E-state index contributed by atoms with van der Waals surface area (Å²) in [5.74, 6) is 0. The van der Waals surface area contributed by atoms with Crippen LogP contribution in [0.5, 0.6) is 0 Å². The summed E-state index contributed by atoms with van der Waals surface area (Å²) in [6, 6.07) is 9.78. The van der Waals surface area contributed by atoms with Gasteiger partial charge in [-0.15, -0.1) is 4.90 Å². The molecule has 63 valence electrons. The monoisotopic (exact) mass is 219 g/mol. The van der Waals surface area contributed by atoms with Crippen LogP contribution in [0.4, 0.5) is 0 Å². The fraction of sp³-hybridized carbons (Fsp3) is 0. The molecule has 0 amide bonds. The van der Waals surface area contributed by atoms with Crippen molar-refractivity contribution in [2.45, 2.75) is 4.90 Å². The fourth-order valence-corrected chi connectivity index (χ4v) is 1.33. The van der Waals surface area contributed by atoms with Crippen LogP contribution in [-0.2, 0) is 29.4 Å². The first-order valence-electron chi connectivity index (χ1n) is 3.39. The average molecular weight is 219 g/mol. The molecule has 0 bridgehead atoms. The number of aromatic nitrogens is 1. The van der Waals surface area contributed by atoms with Gasteiger partial charge in [0.1, 0.15) is 0 Å². The van der Waals surface area contributed by atoms with Crippen LogP contribution in [0.2, 0.25) is 0 Å². The predicted octanol–water partition coefficient (Wildman–Crippen LogP) is 2.14. The Hall–Kier alpha value is -0.644. The number of fused-ring (bicyclic) bond motifs is 1. The molecule has 0 aliphatic carbocycles. The summed E-state index contributed by atoms with van der Waals surface area (Å²) in [4.78, 5) is 5.00. The first-order valence-corrected chi connectivity index (χ1v) is 3.79. The Morgan fingerprint density at radius 3 is 2.58 bits per heavy atom. The molecule has 0 atom stereocenters. The van der Waals surface area contributed by atoms with Crippen LogP contribution in [0.15, 0.2) is 41.4 Å². The van der Waals surface area contributed by atoms with Crippen molar-refractivity contribution in [2.24, 2.45) is 0 Å². The number of benzene rings is 1. The zero-order chi connectivity index (χ0) is 7.68. The Kier molecular flexibility index (Phi) is 3.03. The summed E-state index contributed by atoms with van der Waals surface area (Å²) in [5.41, 5.74) is 0.921. The standard InChI is InChI=1S/C9H7NS.Co/c11-8-5-1-3-7-4-2-6-10-9(7)8;/h1-6,11H;/p-1. The summed E-state index contributed by atoms with van der Waals surface area (Å²) in [5, 5.41) is 1.11.